The van der Waals surface area contributed by atoms with Gasteiger partial charge in [0.15, 0.2) is 0 Å². The van der Waals surface area contributed by atoms with Crippen molar-refractivity contribution in [2.24, 2.45) is 11.8 Å². The molecule has 0 radical (unpaired) electrons. The number of carbonyl (C=O) groups is 2. The number of benzene rings is 1. The van der Waals surface area contributed by atoms with Gasteiger partial charge in [0.2, 0.25) is 11.8 Å². The van der Waals surface area contributed by atoms with Crippen LogP contribution in [-0.4, -0.2) is 49.1 Å². The van der Waals surface area contributed by atoms with Crippen LogP contribution in [-0.2, 0) is 20.7 Å². The van der Waals surface area contributed by atoms with Crippen LogP contribution < -0.4 is 5.32 Å². The fraction of sp³-hybridized carbons (Fsp3) is 0.680. The molecule has 2 rings (SSSR count). The second kappa shape index (κ2) is 12.7. The summed E-state index contributed by atoms with van der Waals surface area (Å²) < 4.78 is 5.58. The van der Waals surface area contributed by atoms with Crippen LogP contribution in [0.3, 0.4) is 0 Å². The first kappa shape index (κ1) is 24.4. The number of amides is 2. The third-order valence-corrected chi connectivity index (χ3v) is 6.42. The van der Waals surface area contributed by atoms with Crippen molar-refractivity contribution in [2.75, 3.05) is 20.2 Å². The van der Waals surface area contributed by atoms with Gasteiger partial charge in [-0.2, -0.15) is 0 Å². The Kier molecular flexibility index (Phi) is 10.4. The Morgan fingerprint density at radius 1 is 1.23 bits per heavy atom. The van der Waals surface area contributed by atoms with Crippen LogP contribution in [0, 0.1) is 11.8 Å². The number of nitrogens with zero attached hydrogens (tertiary/aromatic N) is 1. The van der Waals surface area contributed by atoms with Gasteiger partial charge in [-0.1, -0.05) is 57.5 Å². The van der Waals surface area contributed by atoms with Crippen molar-refractivity contribution < 1.29 is 14.3 Å². The van der Waals surface area contributed by atoms with E-state index in [0.29, 0.717) is 18.9 Å². The van der Waals surface area contributed by atoms with Crippen molar-refractivity contribution in [3.8, 4) is 0 Å². The smallest absolute Gasteiger partial charge is 0.225 e. The highest BCUT2D eigenvalue weighted by molar-refractivity contribution is 5.79. The first-order valence-electron chi connectivity index (χ1n) is 11.6. The van der Waals surface area contributed by atoms with Gasteiger partial charge in [-0.05, 0) is 43.6 Å². The summed E-state index contributed by atoms with van der Waals surface area (Å²) >= 11 is 0. The van der Waals surface area contributed by atoms with Gasteiger partial charge in [0, 0.05) is 32.2 Å². The van der Waals surface area contributed by atoms with Crippen molar-refractivity contribution >= 4 is 11.8 Å². The van der Waals surface area contributed by atoms with E-state index in [1.807, 2.05) is 30.0 Å². The molecular weight excluding hydrogens is 376 g/mol. The van der Waals surface area contributed by atoms with E-state index in [-0.39, 0.29) is 29.9 Å². The summed E-state index contributed by atoms with van der Waals surface area (Å²) in [6.07, 6.45) is 5.99. The quantitative estimate of drug-likeness (QED) is 0.555. The summed E-state index contributed by atoms with van der Waals surface area (Å²) in [5.74, 6) is 0.704. The van der Waals surface area contributed by atoms with Crippen LogP contribution in [0.4, 0.5) is 0 Å². The molecule has 0 spiro atoms. The molecule has 1 fully saturated rings. The topological polar surface area (TPSA) is 58.6 Å². The largest absolute Gasteiger partial charge is 0.381 e. The van der Waals surface area contributed by atoms with Gasteiger partial charge in [-0.15, -0.1) is 0 Å². The highest BCUT2D eigenvalue weighted by Crippen LogP contribution is 2.26. The van der Waals surface area contributed by atoms with Crippen molar-refractivity contribution in [1.82, 2.24) is 10.2 Å². The maximum absolute atomic E-state index is 12.9. The lowest BCUT2D eigenvalue weighted by molar-refractivity contribution is -0.136. The molecule has 2 amide bonds. The van der Waals surface area contributed by atoms with E-state index in [0.717, 1.165) is 45.1 Å². The molecule has 30 heavy (non-hydrogen) atoms. The summed E-state index contributed by atoms with van der Waals surface area (Å²) in [7, 11) is 1.70. The summed E-state index contributed by atoms with van der Waals surface area (Å²) in [5, 5.41) is 3.06. The monoisotopic (exact) mass is 416 g/mol. The Balaban J connectivity index is 1.79. The Labute approximate surface area is 182 Å². The standard InChI is InChI=1S/C25H40N2O3/c1-5-19(2)16-23(30-4)18-24(28)27-15-9-12-22(27)17-20(3)25(29)26-14-13-21-10-7-6-8-11-21/h6-8,10-11,19-20,22-23H,5,9,12-18H2,1-4H3,(H,26,29)/t19-,20+,22-,23-/m0/s1. The molecule has 1 saturated heterocycles. The average molecular weight is 417 g/mol. The predicted molar refractivity (Wildman–Crippen MR) is 121 cm³/mol. The van der Waals surface area contributed by atoms with Gasteiger partial charge in [0.05, 0.1) is 12.5 Å². The lowest BCUT2D eigenvalue weighted by Crippen LogP contribution is -2.40. The van der Waals surface area contributed by atoms with E-state index in [9.17, 15) is 9.59 Å². The number of carbonyl (C=O) groups excluding carboxylic acids is 2. The van der Waals surface area contributed by atoms with Crippen molar-refractivity contribution in [1.29, 1.82) is 0 Å². The molecule has 1 aliphatic rings. The number of likely N-dealkylation sites (tertiary alicyclic amines) is 1. The Morgan fingerprint density at radius 2 is 1.97 bits per heavy atom. The van der Waals surface area contributed by atoms with Crippen LogP contribution in [0.1, 0.15) is 64.9 Å². The lowest BCUT2D eigenvalue weighted by Gasteiger charge is -2.28. The van der Waals surface area contributed by atoms with Crippen LogP contribution in [0.2, 0.25) is 0 Å². The molecule has 1 aliphatic heterocycles. The second-order valence-corrected chi connectivity index (χ2v) is 8.86. The number of nitrogens with one attached hydrogen (secondary N) is 1. The molecule has 1 aromatic carbocycles. The maximum Gasteiger partial charge on any atom is 0.225 e. The molecule has 4 atom stereocenters. The molecular formula is C25H40N2O3. The van der Waals surface area contributed by atoms with E-state index < -0.39 is 0 Å². The second-order valence-electron chi connectivity index (χ2n) is 8.86. The Morgan fingerprint density at radius 3 is 2.63 bits per heavy atom. The number of rotatable bonds is 12. The fourth-order valence-corrected chi connectivity index (χ4v) is 4.26. The minimum absolute atomic E-state index is 0.0209. The van der Waals surface area contributed by atoms with Crippen LogP contribution in [0.5, 0.6) is 0 Å². The molecule has 0 unspecified atom stereocenters. The van der Waals surface area contributed by atoms with E-state index in [1.54, 1.807) is 7.11 Å². The number of ether oxygens (including phenoxy) is 1. The summed E-state index contributed by atoms with van der Waals surface area (Å²) in [6.45, 7) is 7.78. The van der Waals surface area contributed by atoms with E-state index >= 15 is 0 Å². The molecule has 1 N–H and O–H groups in total. The van der Waals surface area contributed by atoms with Crippen LogP contribution in [0.15, 0.2) is 30.3 Å². The highest BCUT2D eigenvalue weighted by atomic mass is 16.5. The third kappa shape index (κ3) is 7.75. The molecule has 168 valence electrons. The molecule has 1 aromatic rings. The molecule has 5 nitrogen and oxygen atoms in total. The SMILES string of the molecule is CC[C@H](C)C[C@@H](CC(=O)N1CCC[C@H]1C[C@@H](C)C(=O)NCCc1ccccc1)OC. The first-order valence-corrected chi connectivity index (χ1v) is 11.6. The predicted octanol–water partition coefficient (Wildman–Crippen LogP) is 4.20. The number of hydrogen-bond donors (Lipinski definition) is 1. The molecule has 0 saturated carbocycles. The normalized spacial score (nSPS) is 19.3. The van der Waals surface area contributed by atoms with E-state index in [4.69, 9.17) is 4.74 Å². The van der Waals surface area contributed by atoms with Gasteiger partial charge in [-0.3, -0.25) is 9.59 Å². The number of methoxy groups -OCH3 is 1. The molecule has 0 bridgehead atoms. The highest BCUT2D eigenvalue weighted by Gasteiger charge is 2.32. The first-order chi connectivity index (χ1) is 14.4. The van der Waals surface area contributed by atoms with Gasteiger partial charge in [-0.25, -0.2) is 0 Å². The third-order valence-electron chi connectivity index (χ3n) is 6.42. The lowest BCUT2D eigenvalue weighted by atomic mass is 9.97. The van der Waals surface area contributed by atoms with Crippen molar-refractivity contribution in [3.05, 3.63) is 35.9 Å². The summed E-state index contributed by atoms with van der Waals surface area (Å²) in [6, 6.07) is 10.3. The molecule has 5 heteroatoms. The van der Waals surface area contributed by atoms with E-state index in [1.165, 1.54) is 5.56 Å². The Bertz CT molecular complexity index is 649. The zero-order valence-corrected chi connectivity index (χ0v) is 19.2. The maximum atomic E-state index is 12.9. The van der Waals surface area contributed by atoms with Crippen molar-refractivity contribution in [2.45, 2.75) is 77.9 Å². The van der Waals surface area contributed by atoms with Crippen LogP contribution in [0.25, 0.3) is 0 Å². The Hall–Kier alpha value is -1.88. The van der Waals surface area contributed by atoms with E-state index in [2.05, 4.69) is 31.3 Å². The summed E-state index contributed by atoms with van der Waals surface area (Å²) in [5.41, 5.74) is 1.23. The van der Waals surface area contributed by atoms with Gasteiger partial charge >= 0.3 is 0 Å². The zero-order valence-electron chi connectivity index (χ0n) is 19.2. The van der Waals surface area contributed by atoms with Gasteiger partial charge in [0.1, 0.15) is 0 Å². The van der Waals surface area contributed by atoms with Gasteiger partial charge < -0.3 is 15.0 Å². The molecule has 0 aromatic heterocycles. The summed E-state index contributed by atoms with van der Waals surface area (Å²) in [4.78, 5) is 27.5. The minimum atomic E-state index is -0.0995. The zero-order chi connectivity index (χ0) is 21.9. The average Bonchev–Trinajstić information content (AvgIpc) is 3.21. The van der Waals surface area contributed by atoms with Crippen molar-refractivity contribution in [3.63, 3.8) is 0 Å². The number of hydrogen-bond acceptors (Lipinski definition) is 3. The van der Waals surface area contributed by atoms with Crippen LogP contribution >= 0.6 is 0 Å². The van der Waals surface area contributed by atoms with Gasteiger partial charge in [0.25, 0.3) is 0 Å². The minimum Gasteiger partial charge on any atom is -0.381 e. The fourth-order valence-electron chi connectivity index (χ4n) is 4.26. The molecule has 0 aliphatic carbocycles. The molecule has 1 heterocycles.